The first-order valence-electron chi connectivity index (χ1n) is 7.46. The van der Waals surface area contributed by atoms with E-state index in [-0.39, 0.29) is 5.78 Å². The molecule has 0 fully saturated rings. The molecule has 0 unspecified atom stereocenters. The Morgan fingerprint density at radius 1 is 1.05 bits per heavy atom. The second-order valence-corrected chi connectivity index (χ2v) is 5.37. The molecule has 0 saturated heterocycles. The average Bonchev–Trinajstić information content (AvgIpc) is 2.48. The Labute approximate surface area is 126 Å². The summed E-state index contributed by atoms with van der Waals surface area (Å²) >= 11 is 0. The minimum absolute atomic E-state index is 0.0626. The van der Waals surface area contributed by atoms with Crippen molar-refractivity contribution in [2.45, 2.75) is 33.6 Å². The van der Waals surface area contributed by atoms with Crippen LogP contribution in [0.5, 0.6) is 5.75 Å². The van der Waals surface area contributed by atoms with E-state index >= 15 is 0 Å². The highest BCUT2D eigenvalue weighted by Crippen LogP contribution is 2.18. The van der Waals surface area contributed by atoms with Gasteiger partial charge in [-0.2, -0.15) is 0 Å². The molecular formula is C19H22O2. The Morgan fingerprint density at radius 3 is 2.38 bits per heavy atom. The fourth-order valence-electron chi connectivity index (χ4n) is 2.26. The smallest absolute Gasteiger partial charge is 0.193 e. The first kappa shape index (κ1) is 15.3. The second-order valence-electron chi connectivity index (χ2n) is 5.37. The summed E-state index contributed by atoms with van der Waals surface area (Å²) in [6.07, 6.45) is 2.16. The lowest BCUT2D eigenvalue weighted by molar-refractivity contribution is 0.103. The van der Waals surface area contributed by atoms with Crippen molar-refractivity contribution in [1.82, 2.24) is 0 Å². The van der Waals surface area contributed by atoms with E-state index in [0.717, 1.165) is 36.3 Å². The Hall–Kier alpha value is -2.09. The summed E-state index contributed by atoms with van der Waals surface area (Å²) in [4.78, 5) is 12.5. The van der Waals surface area contributed by atoms with Gasteiger partial charge in [-0.05, 0) is 50.1 Å². The van der Waals surface area contributed by atoms with Crippen molar-refractivity contribution in [2.75, 3.05) is 6.61 Å². The summed E-state index contributed by atoms with van der Waals surface area (Å²) in [6.45, 7) is 6.86. The molecule has 110 valence electrons. The highest BCUT2D eigenvalue weighted by Gasteiger charge is 2.11. The topological polar surface area (TPSA) is 26.3 Å². The van der Waals surface area contributed by atoms with Gasteiger partial charge in [0.05, 0.1) is 6.61 Å². The zero-order valence-corrected chi connectivity index (χ0v) is 13.0. The number of rotatable bonds is 6. The van der Waals surface area contributed by atoms with Crippen LogP contribution in [0.15, 0.2) is 42.5 Å². The molecular weight excluding hydrogens is 260 g/mol. The van der Waals surface area contributed by atoms with Crippen molar-refractivity contribution in [3.8, 4) is 5.75 Å². The number of carbonyl (C=O) groups excluding carboxylic acids is 1. The summed E-state index contributed by atoms with van der Waals surface area (Å²) in [5.74, 6) is 0.883. The Morgan fingerprint density at radius 2 is 1.76 bits per heavy atom. The van der Waals surface area contributed by atoms with Gasteiger partial charge in [-0.25, -0.2) is 0 Å². The zero-order valence-electron chi connectivity index (χ0n) is 13.0. The van der Waals surface area contributed by atoms with Crippen molar-refractivity contribution >= 4 is 5.78 Å². The largest absolute Gasteiger partial charge is 0.494 e. The van der Waals surface area contributed by atoms with Gasteiger partial charge in [-0.1, -0.05) is 37.1 Å². The van der Waals surface area contributed by atoms with Crippen LogP contribution >= 0.6 is 0 Å². The van der Waals surface area contributed by atoms with Crippen LogP contribution in [0.3, 0.4) is 0 Å². The quantitative estimate of drug-likeness (QED) is 0.566. The lowest BCUT2D eigenvalue weighted by Crippen LogP contribution is -2.04. The van der Waals surface area contributed by atoms with Gasteiger partial charge in [0.1, 0.15) is 5.75 Å². The normalized spacial score (nSPS) is 10.4. The molecule has 0 aliphatic heterocycles. The van der Waals surface area contributed by atoms with E-state index in [1.807, 2.05) is 56.3 Å². The van der Waals surface area contributed by atoms with Crippen LogP contribution in [-0.4, -0.2) is 12.4 Å². The van der Waals surface area contributed by atoms with Crippen LogP contribution in [0, 0.1) is 13.8 Å². The van der Waals surface area contributed by atoms with Gasteiger partial charge in [-0.3, -0.25) is 4.79 Å². The number of aryl methyl sites for hydroxylation is 2. The molecule has 0 aliphatic rings. The standard InChI is InChI=1S/C19H22O2/c1-4-5-12-21-17-9-7-16(8-10-17)19(20)18-11-6-14(2)13-15(18)3/h6-11,13H,4-5,12H2,1-3H3. The first-order valence-corrected chi connectivity index (χ1v) is 7.46. The minimum atomic E-state index is 0.0626. The predicted molar refractivity (Wildman–Crippen MR) is 86.2 cm³/mol. The van der Waals surface area contributed by atoms with Crippen LogP contribution in [0.2, 0.25) is 0 Å². The summed E-state index contributed by atoms with van der Waals surface area (Å²) in [7, 11) is 0. The molecule has 2 aromatic carbocycles. The van der Waals surface area contributed by atoms with Gasteiger partial charge in [0.2, 0.25) is 0 Å². The molecule has 0 spiro atoms. The van der Waals surface area contributed by atoms with Crippen molar-refractivity contribution in [3.05, 3.63) is 64.7 Å². The third-order valence-corrected chi connectivity index (χ3v) is 3.51. The molecule has 0 amide bonds. The number of unbranched alkanes of at least 4 members (excludes halogenated alkanes) is 1. The molecule has 21 heavy (non-hydrogen) atoms. The van der Waals surface area contributed by atoms with Gasteiger partial charge >= 0.3 is 0 Å². The van der Waals surface area contributed by atoms with Crippen LogP contribution in [0.4, 0.5) is 0 Å². The molecule has 0 radical (unpaired) electrons. The van der Waals surface area contributed by atoms with Gasteiger partial charge in [0.25, 0.3) is 0 Å². The van der Waals surface area contributed by atoms with Gasteiger partial charge in [-0.15, -0.1) is 0 Å². The molecule has 2 nitrogen and oxygen atoms in total. The molecule has 0 heterocycles. The van der Waals surface area contributed by atoms with E-state index in [9.17, 15) is 4.79 Å². The Kier molecular flexibility index (Phi) is 5.15. The third-order valence-electron chi connectivity index (χ3n) is 3.51. The third kappa shape index (κ3) is 3.94. The highest BCUT2D eigenvalue weighted by molar-refractivity contribution is 6.09. The maximum absolute atomic E-state index is 12.5. The Balaban J connectivity index is 2.12. The maximum atomic E-state index is 12.5. The predicted octanol–water partition coefficient (Wildman–Crippen LogP) is 4.71. The minimum Gasteiger partial charge on any atom is -0.494 e. The van der Waals surface area contributed by atoms with E-state index < -0.39 is 0 Å². The highest BCUT2D eigenvalue weighted by atomic mass is 16.5. The molecule has 2 rings (SSSR count). The molecule has 0 bridgehead atoms. The molecule has 2 aromatic rings. The van der Waals surface area contributed by atoms with Crippen molar-refractivity contribution < 1.29 is 9.53 Å². The zero-order chi connectivity index (χ0) is 15.2. The molecule has 0 N–H and O–H groups in total. The van der Waals surface area contributed by atoms with E-state index in [1.165, 1.54) is 5.56 Å². The van der Waals surface area contributed by atoms with Crippen LogP contribution in [0.1, 0.15) is 46.8 Å². The van der Waals surface area contributed by atoms with E-state index in [0.29, 0.717) is 5.56 Å². The van der Waals surface area contributed by atoms with Crippen molar-refractivity contribution in [1.29, 1.82) is 0 Å². The molecule has 0 saturated carbocycles. The fraction of sp³-hybridized carbons (Fsp3) is 0.316. The number of benzene rings is 2. The number of carbonyl (C=O) groups is 1. The van der Waals surface area contributed by atoms with E-state index in [4.69, 9.17) is 4.74 Å². The second kappa shape index (κ2) is 7.07. The summed E-state index contributed by atoms with van der Waals surface area (Å²) in [6, 6.07) is 13.3. The van der Waals surface area contributed by atoms with Crippen LogP contribution in [-0.2, 0) is 0 Å². The lowest BCUT2D eigenvalue weighted by Gasteiger charge is -2.08. The van der Waals surface area contributed by atoms with Crippen molar-refractivity contribution in [3.63, 3.8) is 0 Å². The average molecular weight is 282 g/mol. The van der Waals surface area contributed by atoms with Crippen LogP contribution in [0.25, 0.3) is 0 Å². The molecule has 2 heteroatoms. The number of ketones is 1. The van der Waals surface area contributed by atoms with Gasteiger partial charge in [0, 0.05) is 11.1 Å². The fourth-order valence-corrected chi connectivity index (χ4v) is 2.26. The summed E-state index contributed by atoms with van der Waals surface area (Å²) in [5, 5.41) is 0. The molecule has 0 aliphatic carbocycles. The molecule has 0 atom stereocenters. The number of hydrogen-bond donors (Lipinski definition) is 0. The van der Waals surface area contributed by atoms with E-state index in [1.54, 1.807) is 0 Å². The van der Waals surface area contributed by atoms with Crippen molar-refractivity contribution in [2.24, 2.45) is 0 Å². The summed E-state index contributed by atoms with van der Waals surface area (Å²) in [5.41, 5.74) is 3.65. The first-order chi connectivity index (χ1) is 10.1. The summed E-state index contributed by atoms with van der Waals surface area (Å²) < 4.78 is 5.62. The number of ether oxygens (including phenoxy) is 1. The lowest BCUT2D eigenvalue weighted by atomic mass is 9.97. The van der Waals surface area contributed by atoms with E-state index in [2.05, 4.69) is 6.92 Å². The van der Waals surface area contributed by atoms with Crippen LogP contribution < -0.4 is 4.74 Å². The SMILES string of the molecule is CCCCOc1ccc(C(=O)c2ccc(C)cc2C)cc1. The Bertz CT molecular complexity index is 612. The maximum Gasteiger partial charge on any atom is 0.193 e. The van der Waals surface area contributed by atoms with Gasteiger partial charge in [0.15, 0.2) is 5.78 Å². The molecule has 0 aromatic heterocycles. The van der Waals surface area contributed by atoms with Gasteiger partial charge < -0.3 is 4.74 Å². The monoisotopic (exact) mass is 282 g/mol. The number of hydrogen-bond acceptors (Lipinski definition) is 2.